The lowest BCUT2D eigenvalue weighted by Crippen LogP contribution is -2.47. The van der Waals surface area contributed by atoms with Crippen LogP contribution in [0.3, 0.4) is 0 Å². The molecule has 7 heteroatoms. The molecule has 0 aliphatic rings. The molecule has 1 aromatic rings. The van der Waals surface area contributed by atoms with Gasteiger partial charge in [0.2, 0.25) is 11.8 Å². The predicted octanol–water partition coefficient (Wildman–Crippen LogP) is -0.164. The van der Waals surface area contributed by atoms with E-state index in [0.29, 0.717) is 12.4 Å². The SMILES string of the molecule is CC(=O)NC(CS)C(=O)NCc1ccnc(C)n1. The molecule has 0 bridgehead atoms. The highest BCUT2D eigenvalue weighted by molar-refractivity contribution is 7.80. The lowest BCUT2D eigenvalue weighted by molar-refractivity contribution is -0.127. The third-order valence-corrected chi connectivity index (χ3v) is 2.52. The van der Waals surface area contributed by atoms with Crippen molar-refractivity contribution in [1.82, 2.24) is 20.6 Å². The summed E-state index contributed by atoms with van der Waals surface area (Å²) in [6, 6.07) is 1.09. The molecule has 2 amide bonds. The van der Waals surface area contributed by atoms with Crippen molar-refractivity contribution < 1.29 is 9.59 Å². The number of thiol groups is 1. The largest absolute Gasteiger partial charge is 0.349 e. The van der Waals surface area contributed by atoms with Gasteiger partial charge in [-0.3, -0.25) is 9.59 Å². The fourth-order valence-electron chi connectivity index (χ4n) is 1.34. The Morgan fingerprint density at radius 2 is 2.22 bits per heavy atom. The minimum absolute atomic E-state index is 0.244. The number of nitrogens with zero attached hydrogens (tertiary/aromatic N) is 2. The first-order valence-electron chi connectivity index (χ1n) is 5.47. The monoisotopic (exact) mass is 268 g/mol. The molecule has 1 rings (SSSR count). The van der Waals surface area contributed by atoms with Crippen LogP contribution in [-0.2, 0) is 16.1 Å². The summed E-state index contributed by atoms with van der Waals surface area (Å²) in [4.78, 5) is 30.8. The zero-order chi connectivity index (χ0) is 13.5. The van der Waals surface area contributed by atoms with E-state index in [-0.39, 0.29) is 17.6 Å². The van der Waals surface area contributed by atoms with E-state index in [9.17, 15) is 9.59 Å². The van der Waals surface area contributed by atoms with Gasteiger partial charge in [0.25, 0.3) is 0 Å². The van der Waals surface area contributed by atoms with Crippen molar-refractivity contribution in [3.63, 3.8) is 0 Å². The number of aromatic nitrogens is 2. The molecule has 6 nitrogen and oxygen atoms in total. The normalized spacial score (nSPS) is 11.7. The first-order chi connectivity index (χ1) is 8.52. The summed E-state index contributed by atoms with van der Waals surface area (Å²) in [5.74, 6) is 0.349. The summed E-state index contributed by atoms with van der Waals surface area (Å²) in [5.41, 5.74) is 0.719. The van der Waals surface area contributed by atoms with Crippen LogP contribution in [0.2, 0.25) is 0 Å². The quantitative estimate of drug-likeness (QED) is 0.648. The van der Waals surface area contributed by atoms with Gasteiger partial charge in [-0.1, -0.05) is 0 Å². The Labute approximate surface area is 111 Å². The molecular formula is C11H16N4O2S. The molecular weight excluding hydrogens is 252 g/mol. The van der Waals surface area contributed by atoms with E-state index >= 15 is 0 Å². The van der Waals surface area contributed by atoms with Crippen LogP contribution >= 0.6 is 12.6 Å². The van der Waals surface area contributed by atoms with Crippen molar-refractivity contribution in [3.05, 3.63) is 23.8 Å². The van der Waals surface area contributed by atoms with E-state index in [1.807, 2.05) is 0 Å². The zero-order valence-corrected chi connectivity index (χ0v) is 11.2. The highest BCUT2D eigenvalue weighted by Crippen LogP contribution is 1.95. The van der Waals surface area contributed by atoms with Crippen LogP contribution in [0.4, 0.5) is 0 Å². The molecule has 0 radical (unpaired) electrons. The van der Waals surface area contributed by atoms with Crippen LogP contribution in [-0.4, -0.2) is 33.6 Å². The van der Waals surface area contributed by atoms with Crippen molar-refractivity contribution in [2.75, 3.05) is 5.75 Å². The minimum Gasteiger partial charge on any atom is -0.349 e. The van der Waals surface area contributed by atoms with Gasteiger partial charge >= 0.3 is 0 Å². The van der Waals surface area contributed by atoms with Crippen molar-refractivity contribution in [3.8, 4) is 0 Å². The van der Waals surface area contributed by atoms with Crippen LogP contribution < -0.4 is 10.6 Å². The molecule has 1 heterocycles. The second-order valence-electron chi connectivity index (χ2n) is 3.75. The topological polar surface area (TPSA) is 84.0 Å². The van der Waals surface area contributed by atoms with E-state index in [0.717, 1.165) is 5.69 Å². The van der Waals surface area contributed by atoms with Crippen LogP contribution in [0, 0.1) is 6.92 Å². The Morgan fingerprint density at radius 3 is 2.78 bits per heavy atom. The first-order valence-corrected chi connectivity index (χ1v) is 6.10. The first kappa shape index (κ1) is 14.4. The number of hydrogen-bond donors (Lipinski definition) is 3. The van der Waals surface area contributed by atoms with E-state index in [2.05, 4.69) is 33.2 Å². The van der Waals surface area contributed by atoms with Crippen molar-refractivity contribution >= 4 is 24.4 Å². The van der Waals surface area contributed by atoms with Gasteiger partial charge < -0.3 is 10.6 Å². The Morgan fingerprint density at radius 1 is 1.50 bits per heavy atom. The van der Waals surface area contributed by atoms with Crippen molar-refractivity contribution in [2.24, 2.45) is 0 Å². The van der Waals surface area contributed by atoms with Gasteiger partial charge in [-0.05, 0) is 13.0 Å². The Bertz CT molecular complexity index is 439. The maximum absolute atomic E-state index is 11.7. The number of amides is 2. The lowest BCUT2D eigenvalue weighted by atomic mass is 10.3. The summed E-state index contributed by atoms with van der Waals surface area (Å²) in [5, 5.41) is 5.21. The molecule has 98 valence electrons. The van der Waals surface area contributed by atoms with Gasteiger partial charge in [0.05, 0.1) is 12.2 Å². The number of hydrogen-bond acceptors (Lipinski definition) is 5. The minimum atomic E-state index is -0.631. The van der Waals surface area contributed by atoms with Gasteiger partial charge in [0.15, 0.2) is 0 Å². The van der Waals surface area contributed by atoms with Crippen LogP contribution in [0.1, 0.15) is 18.4 Å². The Hall–Kier alpha value is -1.63. The van der Waals surface area contributed by atoms with E-state index in [1.165, 1.54) is 6.92 Å². The van der Waals surface area contributed by atoms with E-state index in [4.69, 9.17) is 0 Å². The summed E-state index contributed by atoms with van der Waals surface area (Å²) < 4.78 is 0. The van der Waals surface area contributed by atoms with Gasteiger partial charge in [-0.25, -0.2) is 9.97 Å². The molecule has 2 N–H and O–H groups in total. The average Bonchev–Trinajstić information content (AvgIpc) is 2.33. The maximum atomic E-state index is 11.7. The number of carbonyl (C=O) groups excluding carboxylic acids is 2. The zero-order valence-electron chi connectivity index (χ0n) is 10.3. The fourth-order valence-corrected chi connectivity index (χ4v) is 1.60. The molecule has 0 saturated carbocycles. The molecule has 1 atom stereocenters. The predicted molar refractivity (Wildman–Crippen MR) is 70.1 cm³/mol. The van der Waals surface area contributed by atoms with Gasteiger partial charge in [-0.15, -0.1) is 0 Å². The Balaban J connectivity index is 2.51. The highest BCUT2D eigenvalue weighted by atomic mass is 32.1. The van der Waals surface area contributed by atoms with Gasteiger partial charge in [0.1, 0.15) is 11.9 Å². The number of aryl methyl sites for hydroxylation is 1. The third kappa shape index (κ3) is 4.70. The Kier molecular flexibility index (Phi) is 5.57. The summed E-state index contributed by atoms with van der Waals surface area (Å²) in [6.45, 7) is 3.43. The van der Waals surface area contributed by atoms with Crippen LogP contribution in [0.15, 0.2) is 12.3 Å². The number of carbonyl (C=O) groups is 2. The van der Waals surface area contributed by atoms with Gasteiger partial charge in [-0.2, -0.15) is 12.6 Å². The van der Waals surface area contributed by atoms with Crippen molar-refractivity contribution in [2.45, 2.75) is 26.4 Å². The molecule has 0 aromatic carbocycles. The number of rotatable bonds is 5. The van der Waals surface area contributed by atoms with Crippen LogP contribution in [0.25, 0.3) is 0 Å². The molecule has 0 fully saturated rings. The summed E-state index contributed by atoms with van der Waals surface area (Å²) >= 11 is 4.02. The molecule has 0 aliphatic heterocycles. The summed E-state index contributed by atoms with van der Waals surface area (Å²) in [6.07, 6.45) is 1.63. The lowest BCUT2D eigenvalue weighted by Gasteiger charge is -2.15. The molecule has 0 saturated heterocycles. The van der Waals surface area contributed by atoms with Crippen LogP contribution in [0.5, 0.6) is 0 Å². The average molecular weight is 268 g/mol. The highest BCUT2D eigenvalue weighted by Gasteiger charge is 2.17. The second-order valence-corrected chi connectivity index (χ2v) is 4.11. The smallest absolute Gasteiger partial charge is 0.243 e. The molecule has 18 heavy (non-hydrogen) atoms. The standard InChI is InChI=1S/C11H16N4O2S/c1-7-12-4-3-9(14-7)5-13-11(17)10(6-18)15-8(2)16/h3-4,10,18H,5-6H2,1-2H3,(H,13,17)(H,15,16). The van der Waals surface area contributed by atoms with Gasteiger partial charge in [0, 0.05) is 18.9 Å². The van der Waals surface area contributed by atoms with Crippen molar-refractivity contribution in [1.29, 1.82) is 0 Å². The molecule has 0 aliphatic carbocycles. The molecule has 0 spiro atoms. The molecule has 1 unspecified atom stereocenters. The van der Waals surface area contributed by atoms with E-state index < -0.39 is 6.04 Å². The maximum Gasteiger partial charge on any atom is 0.243 e. The van der Waals surface area contributed by atoms with E-state index in [1.54, 1.807) is 19.2 Å². The molecule has 1 aromatic heterocycles. The second kappa shape index (κ2) is 6.95. The fraction of sp³-hybridized carbons (Fsp3) is 0.455. The third-order valence-electron chi connectivity index (χ3n) is 2.15. The summed E-state index contributed by atoms with van der Waals surface area (Å²) in [7, 11) is 0. The number of nitrogens with one attached hydrogen (secondary N) is 2.